The van der Waals surface area contributed by atoms with E-state index in [1.165, 1.54) is 6.26 Å². The molecule has 0 aromatic carbocycles. The van der Waals surface area contributed by atoms with E-state index < -0.39 is 5.97 Å². The van der Waals surface area contributed by atoms with Crippen molar-refractivity contribution >= 4 is 28.9 Å². The Morgan fingerprint density at radius 2 is 2.50 bits per heavy atom. The van der Waals surface area contributed by atoms with Gasteiger partial charge in [-0.05, 0) is 19.1 Å². The summed E-state index contributed by atoms with van der Waals surface area (Å²) in [5.74, 6) is 0.0736. The van der Waals surface area contributed by atoms with Crippen molar-refractivity contribution in [2.75, 3.05) is 6.61 Å². The van der Waals surface area contributed by atoms with E-state index in [9.17, 15) is 4.79 Å². The van der Waals surface area contributed by atoms with E-state index in [0.717, 1.165) is 11.3 Å². The SMILES string of the molecule is CCOC(=O)c1sc(Cl)nc1-c1ccco1. The van der Waals surface area contributed by atoms with Crippen molar-refractivity contribution in [3.63, 3.8) is 0 Å². The lowest BCUT2D eigenvalue weighted by atomic mass is 10.3. The molecule has 0 N–H and O–H groups in total. The summed E-state index contributed by atoms with van der Waals surface area (Å²) < 4.78 is 10.4. The lowest BCUT2D eigenvalue weighted by Gasteiger charge is -1.99. The number of carbonyl (C=O) groups excluding carboxylic acids is 1. The number of hydrogen-bond acceptors (Lipinski definition) is 5. The first-order chi connectivity index (χ1) is 7.72. The fourth-order valence-electron chi connectivity index (χ4n) is 1.21. The number of esters is 1. The first kappa shape index (κ1) is 11.2. The summed E-state index contributed by atoms with van der Waals surface area (Å²) in [6, 6.07) is 3.44. The van der Waals surface area contributed by atoms with Gasteiger partial charge in [0.15, 0.2) is 10.2 Å². The second kappa shape index (κ2) is 4.67. The number of carbonyl (C=O) groups is 1. The molecule has 0 unspecified atom stereocenters. The Hall–Kier alpha value is -1.33. The molecule has 2 heterocycles. The number of halogens is 1. The van der Waals surface area contributed by atoms with Gasteiger partial charge in [0.1, 0.15) is 10.6 Å². The second-order valence-electron chi connectivity index (χ2n) is 2.84. The smallest absolute Gasteiger partial charge is 0.350 e. The Balaban J connectivity index is 2.42. The van der Waals surface area contributed by atoms with Gasteiger partial charge >= 0.3 is 5.97 Å². The minimum absolute atomic E-state index is 0.287. The predicted molar refractivity (Wildman–Crippen MR) is 60.8 cm³/mol. The molecule has 0 spiro atoms. The predicted octanol–water partition coefficient (Wildman–Crippen LogP) is 3.23. The van der Waals surface area contributed by atoms with E-state index in [-0.39, 0.29) is 4.47 Å². The van der Waals surface area contributed by atoms with Crippen molar-refractivity contribution in [1.29, 1.82) is 0 Å². The average Bonchev–Trinajstić information content (AvgIpc) is 2.85. The molecule has 0 saturated carbocycles. The van der Waals surface area contributed by atoms with Crippen LogP contribution in [0.1, 0.15) is 16.6 Å². The van der Waals surface area contributed by atoms with E-state index in [1.54, 1.807) is 19.1 Å². The van der Waals surface area contributed by atoms with Gasteiger partial charge in [-0.2, -0.15) is 0 Å². The van der Waals surface area contributed by atoms with Crippen molar-refractivity contribution in [2.45, 2.75) is 6.92 Å². The lowest BCUT2D eigenvalue weighted by molar-refractivity contribution is 0.0532. The second-order valence-corrected chi connectivity index (χ2v) is 4.42. The summed E-state index contributed by atoms with van der Waals surface area (Å²) in [6.45, 7) is 2.05. The van der Waals surface area contributed by atoms with Crippen LogP contribution in [0.25, 0.3) is 11.5 Å². The van der Waals surface area contributed by atoms with Gasteiger partial charge in [0.25, 0.3) is 0 Å². The quantitative estimate of drug-likeness (QED) is 0.792. The van der Waals surface area contributed by atoms with Crippen LogP contribution in [0, 0.1) is 0 Å². The third-order valence-electron chi connectivity index (χ3n) is 1.82. The Morgan fingerprint density at radius 1 is 1.69 bits per heavy atom. The molecule has 0 aliphatic rings. The van der Waals surface area contributed by atoms with Crippen LogP contribution in [-0.4, -0.2) is 17.6 Å². The lowest BCUT2D eigenvalue weighted by Crippen LogP contribution is -2.03. The molecule has 2 rings (SSSR count). The summed E-state index contributed by atoms with van der Waals surface area (Å²) in [7, 11) is 0. The van der Waals surface area contributed by atoms with Crippen LogP contribution in [0.3, 0.4) is 0 Å². The van der Waals surface area contributed by atoms with Gasteiger partial charge in [0.2, 0.25) is 0 Å². The largest absolute Gasteiger partial charge is 0.463 e. The first-order valence-corrected chi connectivity index (χ1v) is 5.79. The number of ether oxygens (including phenoxy) is 1. The zero-order valence-corrected chi connectivity index (χ0v) is 9.97. The minimum Gasteiger partial charge on any atom is -0.463 e. The molecule has 6 heteroatoms. The standard InChI is InChI=1S/C10H8ClNO3S/c1-2-14-9(13)8-7(12-10(11)16-8)6-4-3-5-15-6/h3-5H,2H2,1H3. The monoisotopic (exact) mass is 257 g/mol. The van der Waals surface area contributed by atoms with E-state index in [4.69, 9.17) is 20.8 Å². The highest BCUT2D eigenvalue weighted by Gasteiger charge is 2.21. The number of hydrogen-bond donors (Lipinski definition) is 0. The van der Waals surface area contributed by atoms with Crippen LogP contribution >= 0.6 is 22.9 Å². The normalized spacial score (nSPS) is 10.4. The maximum absolute atomic E-state index is 11.6. The summed E-state index contributed by atoms with van der Waals surface area (Å²) in [5, 5.41) is 0. The first-order valence-electron chi connectivity index (χ1n) is 4.59. The summed E-state index contributed by atoms with van der Waals surface area (Å²) >= 11 is 6.87. The molecule has 0 radical (unpaired) electrons. The zero-order valence-electron chi connectivity index (χ0n) is 8.40. The maximum Gasteiger partial charge on any atom is 0.350 e. The number of rotatable bonds is 3. The molecule has 0 fully saturated rings. The minimum atomic E-state index is -0.432. The molecule has 2 aromatic heterocycles. The molecule has 0 atom stereocenters. The molecule has 84 valence electrons. The van der Waals surface area contributed by atoms with Crippen LogP contribution in [0.4, 0.5) is 0 Å². The number of thiazole rings is 1. The Labute approximate surface area is 101 Å². The highest BCUT2D eigenvalue weighted by Crippen LogP contribution is 2.31. The molecule has 16 heavy (non-hydrogen) atoms. The summed E-state index contributed by atoms with van der Waals surface area (Å²) in [4.78, 5) is 16.0. The highest BCUT2D eigenvalue weighted by atomic mass is 35.5. The van der Waals surface area contributed by atoms with Gasteiger partial charge in [-0.15, -0.1) is 0 Å². The van der Waals surface area contributed by atoms with Crippen molar-refractivity contribution in [3.8, 4) is 11.5 Å². The van der Waals surface area contributed by atoms with Crippen molar-refractivity contribution < 1.29 is 13.9 Å². The fraction of sp³-hybridized carbons (Fsp3) is 0.200. The van der Waals surface area contributed by atoms with E-state index in [1.807, 2.05) is 0 Å². The molecular weight excluding hydrogens is 250 g/mol. The third kappa shape index (κ3) is 2.10. The molecule has 0 amide bonds. The van der Waals surface area contributed by atoms with Crippen LogP contribution in [-0.2, 0) is 4.74 Å². The van der Waals surface area contributed by atoms with E-state index in [0.29, 0.717) is 22.9 Å². The molecular formula is C10H8ClNO3S. The average molecular weight is 258 g/mol. The van der Waals surface area contributed by atoms with Crippen molar-refractivity contribution in [2.24, 2.45) is 0 Å². The van der Waals surface area contributed by atoms with E-state index in [2.05, 4.69) is 4.98 Å². The Kier molecular flexibility index (Phi) is 3.26. The van der Waals surface area contributed by atoms with Gasteiger partial charge in [-0.3, -0.25) is 0 Å². The van der Waals surface area contributed by atoms with E-state index >= 15 is 0 Å². The molecule has 0 bridgehead atoms. The molecule has 0 aliphatic heterocycles. The molecule has 0 aliphatic carbocycles. The van der Waals surface area contributed by atoms with Gasteiger partial charge in [0.05, 0.1) is 12.9 Å². The van der Waals surface area contributed by atoms with Crippen LogP contribution in [0.15, 0.2) is 22.8 Å². The molecule has 0 saturated heterocycles. The molecule has 2 aromatic rings. The van der Waals surface area contributed by atoms with Crippen LogP contribution in [0.5, 0.6) is 0 Å². The molecule has 4 nitrogen and oxygen atoms in total. The highest BCUT2D eigenvalue weighted by molar-refractivity contribution is 7.17. The van der Waals surface area contributed by atoms with Crippen molar-refractivity contribution in [1.82, 2.24) is 4.98 Å². The topological polar surface area (TPSA) is 52.3 Å². The van der Waals surface area contributed by atoms with Crippen LogP contribution in [0.2, 0.25) is 4.47 Å². The third-order valence-corrected chi connectivity index (χ3v) is 2.96. The van der Waals surface area contributed by atoms with Gasteiger partial charge < -0.3 is 9.15 Å². The van der Waals surface area contributed by atoms with Gasteiger partial charge in [0, 0.05) is 0 Å². The van der Waals surface area contributed by atoms with Gasteiger partial charge in [-0.25, -0.2) is 9.78 Å². The number of nitrogens with zero attached hydrogens (tertiary/aromatic N) is 1. The van der Waals surface area contributed by atoms with Crippen LogP contribution < -0.4 is 0 Å². The summed E-state index contributed by atoms with van der Waals surface area (Å²) in [5.41, 5.74) is 0.429. The fourth-order valence-corrected chi connectivity index (χ4v) is 2.22. The maximum atomic E-state index is 11.6. The Bertz CT molecular complexity index is 492. The van der Waals surface area contributed by atoms with Gasteiger partial charge in [-0.1, -0.05) is 22.9 Å². The number of furan rings is 1. The Morgan fingerprint density at radius 3 is 3.12 bits per heavy atom. The zero-order chi connectivity index (χ0) is 11.5. The number of aromatic nitrogens is 1. The van der Waals surface area contributed by atoms with Crippen molar-refractivity contribution in [3.05, 3.63) is 27.7 Å². The summed E-state index contributed by atoms with van der Waals surface area (Å²) in [6.07, 6.45) is 1.51.